The van der Waals surface area contributed by atoms with Gasteiger partial charge in [-0.05, 0) is 42.9 Å². The lowest BCUT2D eigenvalue weighted by atomic mass is 9.86. The summed E-state index contributed by atoms with van der Waals surface area (Å²) in [6.45, 7) is 2.02. The predicted molar refractivity (Wildman–Crippen MR) is 66.5 cm³/mol. The summed E-state index contributed by atoms with van der Waals surface area (Å²) in [7, 11) is 3.25. The summed E-state index contributed by atoms with van der Waals surface area (Å²) in [4.78, 5) is 0. The zero-order valence-electron chi connectivity index (χ0n) is 10.7. The molecule has 0 radical (unpaired) electrons. The molecule has 2 rings (SSSR count). The molecule has 3 nitrogen and oxygen atoms in total. The fourth-order valence-corrected chi connectivity index (χ4v) is 2.35. The number of hydrogen-bond acceptors (Lipinski definition) is 3. The Hall–Kier alpha value is -1.22. The lowest BCUT2D eigenvalue weighted by molar-refractivity contribution is 0.00853. The first-order valence-electron chi connectivity index (χ1n) is 6.10. The van der Waals surface area contributed by atoms with E-state index >= 15 is 0 Å². The van der Waals surface area contributed by atoms with E-state index in [1.807, 2.05) is 25.1 Å². The van der Waals surface area contributed by atoms with Crippen LogP contribution in [-0.4, -0.2) is 19.3 Å². The van der Waals surface area contributed by atoms with Crippen LogP contribution in [-0.2, 0) is 5.60 Å². The lowest BCUT2D eigenvalue weighted by Gasteiger charge is -2.28. The molecule has 17 heavy (non-hydrogen) atoms. The zero-order chi connectivity index (χ0) is 12.5. The SMILES string of the molecule is CCC(O)(c1cc(OC)cc(OC)c1)C1CC1. The van der Waals surface area contributed by atoms with Gasteiger partial charge in [-0.2, -0.15) is 0 Å². The second-order valence-corrected chi connectivity index (χ2v) is 4.65. The largest absolute Gasteiger partial charge is 0.497 e. The van der Waals surface area contributed by atoms with Gasteiger partial charge in [-0.1, -0.05) is 6.92 Å². The van der Waals surface area contributed by atoms with E-state index in [1.54, 1.807) is 14.2 Å². The Labute approximate surface area is 102 Å². The van der Waals surface area contributed by atoms with Crippen LogP contribution in [0.5, 0.6) is 11.5 Å². The summed E-state index contributed by atoms with van der Waals surface area (Å²) >= 11 is 0. The average molecular weight is 236 g/mol. The molecule has 0 aliphatic heterocycles. The molecule has 1 unspecified atom stereocenters. The van der Waals surface area contributed by atoms with Crippen molar-refractivity contribution in [3.8, 4) is 11.5 Å². The molecule has 94 valence electrons. The average Bonchev–Trinajstić information content (AvgIpc) is 3.21. The minimum Gasteiger partial charge on any atom is -0.497 e. The predicted octanol–water partition coefficient (Wildman–Crippen LogP) is 2.71. The molecule has 0 saturated heterocycles. The molecule has 0 aromatic heterocycles. The smallest absolute Gasteiger partial charge is 0.122 e. The third-order valence-corrected chi connectivity index (χ3v) is 3.64. The molecule has 1 fully saturated rings. The van der Waals surface area contributed by atoms with Gasteiger partial charge in [0.05, 0.1) is 19.8 Å². The molecular weight excluding hydrogens is 216 g/mol. The molecule has 0 heterocycles. The lowest BCUT2D eigenvalue weighted by Crippen LogP contribution is -2.27. The maximum absolute atomic E-state index is 10.8. The van der Waals surface area contributed by atoms with E-state index in [2.05, 4.69) is 0 Å². The minimum atomic E-state index is -0.734. The van der Waals surface area contributed by atoms with Crippen LogP contribution in [0.3, 0.4) is 0 Å². The Balaban J connectivity index is 2.41. The minimum absolute atomic E-state index is 0.379. The highest BCUT2D eigenvalue weighted by atomic mass is 16.5. The third-order valence-electron chi connectivity index (χ3n) is 3.64. The Morgan fingerprint density at radius 2 is 1.71 bits per heavy atom. The molecule has 0 amide bonds. The van der Waals surface area contributed by atoms with E-state index in [1.165, 1.54) is 0 Å². The van der Waals surface area contributed by atoms with Crippen LogP contribution in [0.2, 0.25) is 0 Å². The molecule has 1 N–H and O–H groups in total. The van der Waals surface area contributed by atoms with E-state index in [0.29, 0.717) is 12.3 Å². The van der Waals surface area contributed by atoms with E-state index in [0.717, 1.165) is 29.9 Å². The molecule has 1 aliphatic rings. The van der Waals surface area contributed by atoms with Gasteiger partial charge in [0, 0.05) is 6.07 Å². The van der Waals surface area contributed by atoms with Crippen molar-refractivity contribution in [3.63, 3.8) is 0 Å². The number of benzene rings is 1. The number of rotatable bonds is 5. The van der Waals surface area contributed by atoms with Crippen molar-refractivity contribution in [1.29, 1.82) is 0 Å². The highest BCUT2D eigenvalue weighted by Crippen LogP contribution is 2.48. The molecule has 3 heteroatoms. The Morgan fingerprint density at radius 3 is 2.06 bits per heavy atom. The summed E-state index contributed by atoms with van der Waals surface area (Å²) < 4.78 is 10.5. The summed E-state index contributed by atoms with van der Waals surface area (Å²) in [6, 6.07) is 5.64. The summed E-state index contributed by atoms with van der Waals surface area (Å²) in [5.41, 5.74) is 0.167. The van der Waals surface area contributed by atoms with E-state index in [4.69, 9.17) is 9.47 Å². The third kappa shape index (κ3) is 2.25. The Morgan fingerprint density at radius 1 is 1.18 bits per heavy atom. The van der Waals surface area contributed by atoms with Crippen LogP contribution >= 0.6 is 0 Å². The second-order valence-electron chi connectivity index (χ2n) is 4.65. The molecule has 1 aromatic rings. The Bertz CT molecular complexity index is 376. The van der Waals surface area contributed by atoms with Crippen molar-refractivity contribution in [1.82, 2.24) is 0 Å². The van der Waals surface area contributed by atoms with E-state index < -0.39 is 5.60 Å². The molecular formula is C14H20O3. The number of aliphatic hydroxyl groups is 1. The molecule has 0 spiro atoms. The summed E-state index contributed by atoms with van der Waals surface area (Å²) in [6.07, 6.45) is 2.92. The van der Waals surface area contributed by atoms with Crippen LogP contribution < -0.4 is 9.47 Å². The monoisotopic (exact) mass is 236 g/mol. The van der Waals surface area contributed by atoms with Crippen molar-refractivity contribution >= 4 is 0 Å². The summed E-state index contributed by atoms with van der Waals surface area (Å²) in [5.74, 6) is 1.84. The van der Waals surface area contributed by atoms with Crippen molar-refractivity contribution in [2.75, 3.05) is 14.2 Å². The Kier molecular flexibility index (Phi) is 3.29. The van der Waals surface area contributed by atoms with Crippen molar-refractivity contribution in [2.24, 2.45) is 5.92 Å². The highest BCUT2D eigenvalue weighted by Gasteiger charge is 2.44. The molecule has 1 atom stereocenters. The van der Waals surface area contributed by atoms with Crippen LogP contribution in [0.4, 0.5) is 0 Å². The maximum Gasteiger partial charge on any atom is 0.122 e. The normalized spacial score (nSPS) is 18.6. The topological polar surface area (TPSA) is 38.7 Å². The van der Waals surface area contributed by atoms with Crippen molar-refractivity contribution in [2.45, 2.75) is 31.8 Å². The number of methoxy groups -OCH3 is 2. The number of ether oxygens (including phenoxy) is 2. The van der Waals surface area contributed by atoms with Gasteiger partial charge in [-0.3, -0.25) is 0 Å². The van der Waals surface area contributed by atoms with Gasteiger partial charge in [0.25, 0.3) is 0 Å². The maximum atomic E-state index is 10.8. The first kappa shape index (κ1) is 12.2. The number of hydrogen-bond donors (Lipinski definition) is 1. The molecule has 1 saturated carbocycles. The van der Waals surface area contributed by atoms with Crippen LogP contribution in [0, 0.1) is 5.92 Å². The van der Waals surface area contributed by atoms with Gasteiger partial charge in [-0.15, -0.1) is 0 Å². The van der Waals surface area contributed by atoms with Gasteiger partial charge in [0.2, 0.25) is 0 Å². The van der Waals surface area contributed by atoms with Gasteiger partial charge < -0.3 is 14.6 Å². The quantitative estimate of drug-likeness (QED) is 0.854. The molecule has 1 aromatic carbocycles. The summed E-state index contributed by atoms with van der Waals surface area (Å²) in [5, 5.41) is 10.8. The fraction of sp³-hybridized carbons (Fsp3) is 0.571. The van der Waals surface area contributed by atoms with Crippen LogP contribution in [0.15, 0.2) is 18.2 Å². The van der Waals surface area contributed by atoms with E-state index in [-0.39, 0.29) is 0 Å². The first-order chi connectivity index (χ1) is 8.13. The van der Waals surface area contributed by atoms with Gasteiger partial charge in [0.1, 0.15) is 11.5 Å². The molecule has 0 bridgehead atoms. The van der Waals surface area contributed by atoms with E-state index in [9.17, 15) is 5.11 Å². The van der Waals surface area contributed by atoms with Crippen LogP contribution in [0.1, 0.15) is 31.7 Å². The van der Waals surface area contributed by atoms with Crippen LogP contribution in [0.25, 0.3) is 0 Å². The standard InChI is InChI=1S/C14H20O3/c1-4-14(15,10-5-6-10)11-7-12(16-2)9-13(8-11)17-3/h7-10,15H,4-6H2,1-3H3. The first-order valence-corrected chi connectivity index (χ1v) is 6.10. The van der Waals surface area contributed by atoms with Crippen molar-refractivity contribution < 1.29 is 14.6 Å². The zero-order valence-corrected chi connectivity index (χ0v) is 10.7. The second kappa shape index (κ2) is 4.57. The van der Waals surface area contributed by atoms with Gasteiger partial charge >= 0.3 is 0 Å². The highest BCUT2D eigenvalue weighted by molar-refractivity contribution is 5.41. The fourth-order valence-electron chi connectivity index (χ4n) is 2.35. The van der Waals surface area contributed by atoms with Crippen molar-refractivity contribution in [3.05, 3.63) is 23.8 Å². The van der Waals surface area contributed by atoms with Gasteiger partial charge in [-0.25, -0.2) is 0 Å². The van der Waals surface area contributed by atoms with Gasteiger partial charge in [0.15, 0.2) is 0 Å². The molecule has 1 aliphatic carbocycles.